The zero-order valence-electron chi connectivity index (χ0n) is 8.77. The smallest absolute Gasteiger partial charge is 0.141 e. The predicted octanol–water partition coefficient (Wildman–Crippen LogP) is 0.366. The van der Waals surface area contributed by atoms with Crippen molar-refractivity contribution in [3.05, 3.63) is 12.2 Å². The second kappa shape index (κ2) is 4.85. The summed E-state index contributed by atoms with van der Waals surface area (Å²) in [7, 11) is -0.588. The molecule has 1 aromatic heterocycles. The van der Waals surface area contributed by atoms with Crippen LogP contribution in [-0.2, 0) is 10.8 Å². The first kappa shape index (κ1) is 10.8. The number of hydrogen-bond acceptors (Lipinski definition) is 4. The molecule has 1 aliphatic rings. The molecular weight excluding hydrogens is 212 g/mol. The Kier molecular flexibility index (Phi) is 3.48. The standard InChI is InChI=1S/C9H16N4OS/c1-7(9-10-6-11-13-9)12-8-2-4-15(14)5-3-8/h6-8,12H,2-5H2,1H3,(H,10,11,13). The van der Waals surface area contributed by atoms with Crippen molar-refractivity contribution in [3.8, 4) is 0 Å². The Morgan fingerprint density at radius 1 is 1.60 bits per heavy atom. The first-order valence-electron chi connectivity index (χ1n) is 5.22. The van der Waals surface area contributed by atoms with Crippen molar-refractivity contribution < 1.29 is 4.21 Å². The van der Waals surface area contributed by atoms with Crippen LogP contribution >= 0.6 is 0 Å². The molecule has 2 N–H and O–H groups in total. The maximum Gasteiger partial charge on any atom is 0.141 e. The van der Waals surface area contributed by atoms with Gasteiger partial charge in [-0.1, -0.05) is 0 Å². The lowest BCUT2D eigenvalue weighted by atomic mass is 10.1. The number of aromatic nitrogens is 3. The van der Waals surface area contributed by atoms with E-state index in [0.717, 1.165) is 30.2 Å². The van der Waals surface area contributed by atoms with Gasteiger partial charge in [0.15, 0.2) is 0 Å². The summed E-state index contributed by atoms with van der Waals surface area (Å²) in [6.07, 6.45) is 3.50. The molecule has 0 aliphatic carbocycles. The van der Waals surface area contributed by atoms with Gasteiger partial charge in [-0.2, -0.15) is 5.10 Å². The van der Waals surface area contributed by atoms with Gasteiger partial charge in [0.25, 0.3) is 0 Å². The fourth-order valence-electron chi connectivity index (χ4n) is 1.82. The number of hydrogen-bond donors (Lipinski definition) is 2. The second-order valence-electron chi connectivity index (χ2n) is 3.88. The highest BCUT2D eigenvalue weighted by Crippen LogP contribution is 2.13. The van der Waals surface area contributed by atoms with Crippen molar-refractivity contribution in [2.24, 2.45) is 0 Å². The van der Waals surface area contributed by atoms with Crippen LogP contribution in [0.1, 0.15) is 31.6 Å². The van der Waals surface area contributed by atoms with Gasteiger partial charge in [-0.05, 0) is 19.8 Å². The van der Waals surface area contributed by atoms with Gasteiger partial charge in [0.2, 0.25) is 0 Å². The first-order valence-corrected chi connectivity index (χ1v) is 6.71. The largest absolute Gasteiger partial charge is 0.305 e. The number of nitrogens with one attached hydrogen (secondary N) is 2. The Hall–Kier alpha value is -0.750. The molecule has 2 rings (SSSR count). The van der Waals surface area contributed by atoms with E-state index >= 15 is 0 Å². The van der Waals surface area contributed by atoms with Crippen LogP contribution in [0.25, 0.3) is 0 Å². The van der Waals surface area contributed by atoms with Crippen molar-refractivity contribution in [2.45, 2.75) is 31.8 Å². The van der Waals surface area contributed by atoms with Gasteiger partial charge in [0.05, 0.1) is 6.04 Å². The van der Waals surface area contributed by atoms with Crippen LogP contribution in [0.3, 0.4) is 0 Å². The molecule has 0 bridgehead atoms. The summed E-state index contributed by atoms with van der Waals surface area (Å²) in [6.45, 7) is 2.06. The van der Waals surface area contributed by atoms with Crippen LogP contribution < -0.4 is 5.32 Å². The molecule has 1 aliphatic heterocycles. The van der Waals surface area contributed by atoms with E-state index in [9.17, 15) is 4.21 Å². The van der Waals surface area contributed by atoms with Crippen molar-refractivity contribution in [3.63, 3.8) is 0 Å². The normalized spacial score (nSPS) is 28.9. The van der Waals surface area contributed by atoms with Crippen LogP contribution in [-0.4, -0.2) is 36.9 Å². The lowest BCUT2D eigenvalue weighted by Gasteiger charge is -2.25. The summed E-state index contributed by atoms with van der Waals surface area (Å²) in [5.41, 5.74) is 0. The molecule has 0 aromatic carbocycles. The zero-order chi connectivity index (χ0) is 10.7. The van der Waals surface area contributed by atoms with Gasteiger partial charge < -0.3 is 5.32 Å². The predicted molar refractivity (Wildman–Crippen MR) is 58.8 cm³/mol. The molecule has 1 aromatic rings. The Morgan fingerprint density at radius 3 is 2.93 bits per heavy atom. The Bertz CT molecular complexity index is 317. The molecule has 5 nitrogen and oxygen atoms in total. The minimum absolute atomic E-state index is 0.184. The number of nitrogens with zero attached hydrogens (tertiary/aromatic N) is 2. The van der Waals surface area contributed by atoms with Crippen LogP contribution in [0.4, 0.5) is 0 Å². The van der Waals surface area contributed by atoms with Gasteiger partial charge in [-0.15, -0.1) is 0 Å². The molecule has 0 saturated carbocycles. The van der Waals surface area contributed by atoms with Crippen LogP contribution in [0, 0.1) is 0 Å². The third kappa shape index (κ3) is 2.85. The molecule has 1 fully saturated rings. The van der Waals surface area contributed by atoms with E-state index < -0.39 is 10.8 Å². The molecule has 2 heterocycles. The number of aromatic amines is 1. The second-order valence-corrected chi connectivity index (χ2v) is 5.58. The first-order chi connectivity index (χ1) is 7.25. The highest BCUT2D eigenvalue weighted by Gasteiger charge is 2.20. The van der Waals surface area contributed by atoms with E-state index in [1.807, 2.05) is 0 Å². The van der Waals surface area contributed by atoms with Crippen LogP contribution in [0.5, 0.6) is 0 Å². The van der Waals surface area contributed by atoms with Gasteiger partial charge in [-0.25, -0.2) is 4.98 Å². The summed E-state index contributed by atoms with van der Waals surface area (Å²) >= 11 is 0. The Labute approximate surface area is 91.5 Å². The Morgan fingerprint density at radius 2 is 2.33 bits per heavy atom. The minimum atomic E-state index is -0.588. The molecule has 84 valence electrons. The highest BCUT2D eigenvalue weighted by molar-refractivity contribution is 7.85. The lowest BCUT2D eigenvalue weighted by Crippen LogP contribution is -2.37. The topological polar surface area (TPSA) is 70.7 Å². The Balaban J connectivity index is 1.84. The average Bonchev–Trinajstić information content (AvgIpc) is 2.74. The van der Waals surface area contributed by atoms with E-state index in [-0.39, 0.29) is 6.04 Å². The lowest BCUT2D eigenvalue weighted by molar-refractivity contribution is 0.417. The number of H-pyrrole nitrogens is 1. The molecule has 0 amide bonds. The van der Waals surface area contributed by atoms with Gasteiger partial charge in [-0.3, -0.25) is 9.31 Å². The highest BCUT2D eigenvalue weighted by atomic mass is 32.2. The van der Waals surface area contributed by atoms with Crippen molar-refractivity contribution in [1.29, 1.82) is 0 Å². The molecule has 0 radical (unpaired) electrons. The van der Waals surface area contributed by atoms with Crippen molar-refractivity contribution >= 4 is 10.8 Å². The maximum absolute atomic E-state index is 11.2. The van der Waals surface area contributed by atoms with Crippen LogP contribution in [0.15, 0.2) is 6.33 Å². The van der Waals surface area contributed by atoms with E-state index in [1.54, 1.807) is 0 Å². The van der Waals surface area contributed by atoms with Crippen LogP contribution in [0.2, 0.25) is 0 Å². The summed E-state index contributed by atoms with van der Waals surface area (Å²) in [6, 6.07) is 0.645. The fourth-order valence-corrected chi connectivity index (χ4v) is 3.12. The van der Waals surface area contributed by atoms with Crippen molar-refractivity contribution in [2.75, 3.05) is 11.5 Å². The molecular formula is C9H16N4OS. The van der Waals surface area contributed by atoms with Gasteiger partial charge >= 0.3 is 0 Å². The number of rotatable bonds is 3. The molecule has 6 heteroatoms. The van der Waals surface area contributed by atoms with Gasteiger partial charge in [0.1, 0.15) is 12.2 Å². The summed E-state index contributed by atoms with van der Waals surface area (Å²) in [5.74, 6) is 2.50. The minimum Gasteiger partial charge on any atom is -0.305 e. The SMILES string of the molecule is CC(NC1CCS(=O)CC1)c1ncn[nH]1. The summed E-state index contributed by atoms with van der Waals surface area (Å²) in [5, 5.41) is 10.1. The summed E-state index contributed by atoms with van der Waals surface area (Å²) < 4.78 is 11.2. The van der Waals surface area contributed by atoms with E-state index in [0.29, 0.717) is 6.04 Å². The quantitative estimate of drug-likeness (QED) is 0.784. The molecule has 1 saturated heterocycles. The zero-order valence-corrected chi connectivity index (χ0v) is 9.59. The van der Waals surface area contributed by atoms with E-state index in [4.69, 9.17) is 0 Å². The maximum atomic E-state index is 11.2. The van der Waals surface area contributed by atoms with E-state index in [1.165, 1.54) is 6.33 Å². The third-order valence-electron chi connectivity index (χ3n) is 2.72. The summed E-state index contributed by atoms with van der Waals surface area (Å²) in [4.78, 5) is 4.11. The third-order valence-corrected chi connectivity index (χ3v) is 4.10. The monoisotopic (exact) mass is 228 g/mol. The van der Waals surface area contributed by atoms with Gasteiger partial charge in [0, 0.05) is 28.3 Å². The molecule has 1 unspecified atom stereocenters. The van der Waals surface area contributed by atoms with E-state index in [2.05, 4.69) is 27.4 Å². The fraction of sp³-hybridized carbons (Fsp3) is 0.778. The molecule has 15 heavy (non-hydrogen) atoms. The molecule has 1 atom stereocenters. The van der Waals surface area contributed by atoms with Crippen molar-refractivity contribution in [1.82, 2.24) is 20.5 Å². The molecule has 0 spiro atoms. The average molecular weight is 228 g/mol.